The number of hydrogen-bond donors (Lipinski definition) is 2. The number of fused-ring (bicyclic) bond motifs is 8. The quantitative estimate of drug-likeness (QED) is 0.304. The van der Waals surface area contributed by atoms with Gasteiger partial charge >= 0.3 is 6.01 Å². The van der Waals surface area contributed by atoms with Gasteiger partial charge in [-0.1, -0.05) is 0 Å². The summed E-state index contributed by atoms with van der Waals surface area (Å²) >= 11 is 0. The van der Waals surface area contributed by atoms with Crippen LogP contribution in [0.3, 0.4) is 0 Å². The summed E-state index contributed by atoms with van der Waals surface area (Å²) in [5.74, 6) is 0.510. The normalized spacial score (nSPS) is 27.5. The summed E-state index contributed by atoms with van der Waals surface area (Å²) in [4.78, 5) is 18.8. The Labute approximate surface area is 261 Å². The van der Waals surface area contributed by atoms with Crippen molar-refractivity contribution in [2.24, 2.45) is 5.92 Å². The topological polar surface area (TPSA) is 103 Å². The maximum Gasteiger partial charge on any atom is 0.319 e. The van der Waals surface area contributed by atoms with Crippen LogP contribution in [0.4, 0.5) is 14.6 Å². The Morgan fingerprint density at radius 3 is 2.89 bits per heavy atom. The van der Waals surface area contributed by atoms with Crippen molar-refractivity contribution in [2.45, 2.75) is 88.9 Å². The van der Waals surface area contributed by atoms with Gasteiger partial charge < -0.3 is 14.7 Å². The second kappa shape index (κ2) is 11.4. The van der Waals surface area contributed by atoms with Gasteiger partial charge in [0, 0.05) is 43.2 Å². The molecule has 3 saturated heterocycles. The Bertz CT molecular complexity index is 1750. The molecule has 6 bridgehead atoms. The lowest BCUT2D eigenvalue weighted by Crippen LogP contribution is -2.43. The molecule has 8 heterocycles. The number of nitrogens with one attached hydrogen (secondary N) is 1. The zero-order valence-corrected chi connectivity index (χ0v) is 25.9. The number of anilines is 1. The Kier molecular flexibility index (Phi) is 7.36. The number of aromatic nitrogens is 5. The van der Waals surface area contributed by atoms with E-state index in [1.807, 2.05) is 13.0 Å². The number of pyridine rings is 1. The number of aliphatic hydroxyl groups excluding tert-OH is 1. The number of hydrogen-bond acceptors (Lipinski definition) is 8. The van der Waals surface area contributed by atoms with Crippen molar-refractivity contribution in [3.8, 4) is 17.3 Å². The summed E-state index contributed by atoms with van der Waals surface area (Å²) in [7, 11) is 0. The van der Waals surface area contributed by atoms with Gasteiger partial charge in [0.05, 0.1) is 28.7 Å². The summed E-state index contributed by atoms with van der Waals surface area (Å²) in [5, 5.41) is 19.6. The van der Waals surface area contributed by atoms with Crippen molar-refractivity contribution >= 4 is 27.6 Å². The van der Waals surface area contributed by atoms with Gasteiger partial charge in [-0.3, -0.25) is 15.0 Å². The first kappa shape index (κ1) is 29.0. The highest BCUT2D eigenvalue weighted by Crippen LogP contribution is 2.42. The van der Waals surface area contributed by atoms with Gasteiger partial charge in [-0.25, -0.2) is 8.78 Å². The predicted molar refractivity (Wildman–Crippen MR) is 169 cm³/mol. The van der Waals surface area contributed by atoms with E-state index in [9.17, 15) is 9.50 Å². The molecule has 0 spiro atoms. The molecular weight excluding hydrogens is 576 g/mol. The average Bonchev–Trinajstić information content (AvgIpc) is 3.73. The van der Waals surface area contributed by atoms with E-state index in [-0.39, 0.29) is 35.5 Å². The van der Waals surface area contributed by atoms with Crippen LogP contribution in [0.25, 0.3) is 33.1 Å². The van der Waals surface area contributed by atoms with E-state index in [1.165, 1.54) is 0 Å². The minimum absolute atomic E-state index is 0.119. The van der Waals surface area contributed by atoms with Gasteiger partial charge in [-0.15, -0.1) is 0 Å². The van der Waals surface area contributed by atoms with Crippen LogP contribution in [0, 0.1) is 18.7 Å². The van der Waals surface area contributed by atoms with Crippen molar-refractivity contribution in [3.05, 3.63) is 35.4 Å². The summed E-state index contributed by atoms with van der Waals surface area (Å²) in [6, 6.07) is 2.17. The van der Waals surface area contributed by atoms with Crippen LogP contribution in [0.5, 0.6) is 6.01 Å². The second-order valence-corrected chi connectivity index (χ2v) is 13.8. The first-order valence-corrected chi connectivity index (χ1v) is 16.7. The molecule has 2 unspecified atom stereocenters. The van der Waals surface area contributed by atoms with Gasteiger partial charge in [-0.05, 0) is 94.4 Å². The highest BCUT2D eigenvalue weighted by Gasteiger charge is 2.49. The minimum atomic E-state index is -0.869. The van der Waals surface area contributed by atoms with Crippen LogP contribution < -0.4 is 9.64 Å². The van der Waals surface area contributed by atoms with E-state index < -0.39 is 12.0 Å². The van der Waals surface area contributed by atoms with Gasteiger partial charge in [0.15, 0.2) is 5.82 Å². The molecule has 5 aliphatic heterocycles. The lowest BCUT2D eigenvalue weighted by molar-refractivity contribution is 0.107. The molecule has 238 valence electrons. The van der Waals surface area contributed by atoms with E-state index in [0.29, 0.717) is 48.5 Å². The lowest BCUT2D eigenvalue weighted by Gasteiger charge is -2.35. The Balaban J connectivity index is 1.28. The molecule has 1 aromatic carbocycles. The molecular formula is C34H41F2N7O2. The molecule has 3 fully saturated rings. The van der Waals surface area contributed by atoms with Crippen LogP contribution in [-0.2, 0) is 6.42 Å². The van der Waals surface area contributed by atoms with Gasteiger partial charge in [0.2, 0.25) is 0 Å². The predicted octanol–water partition coefficient (Wildman–Crippen LogP) is 5.66. The summed E-state index contributed by atoms with van der Waals surface area (Å²) < 4.78 is 37.9. The van der Waals surface area contributed by atoms with Crippen LogP contribution in [0.15, 0.2) is 18.5 Å². The molecule has 4 atom stereocenters. The molecule has 11 heteroatoms. The molecule has 3 aromatic heterocycles. The zero-order chi connectivity index (χ0) is 30.7. The molecule has 0 saturated carbocycles. The largest absolute Gasteiger partial charge is 0.461 e. The van der Waals surface area contributed by atoms with Crippen LogP contribution in [0.2, 0.25) is 0 Å². The lowest BCUT2D eigenvalue weighted by atomic mass is 9.89. The van der Waals surface area contributed by atoms with Crippen molar-refractivity contribution in [2.75, 3.05) is 37.7 Å². The molecule has 0 radical (unpaired) electrons. The minimum Gasteiger partial charge on any atom is -0.461 e. The number of aromatic amines is 1. The number of H-pyrrole nitrogens is 1. The second-order valence-electron chi connectivity index (χ2n) is 13.8. The number of ether oxygens (including phenoxy) is 1. The highest BCUT2D eigenvalue weighted by molar-refractivity contribution is 5.99. The van der Waals surface area contributed by atoms with E-state index >= 15 is 4.39 Å². The zero-order valence-electron chi connectivity index (χ0n) is 25.9. The molecule has 4 aromatic rings. The van der Waals surface area contributed by atoms with E-state index in [2.05, 4.69) is 20.0 Å². The first-order valence-electron chi connectivity index (χ1n) is 16.7. The maximum atomic E-state index is 17.0. The van der Waals surface area contributed by atoms with Gasteiger partial charge in [0.25, 0.3) is 0 Å². The highest BCUT2D eigenvalue weighted by atomic mass is 19.1. The van der Waals surface area contributed by atoms with Crippen molar-refractivity contribution in [1.82, 2.24) is 30.0 Å². The number of halogens is 2. The number of alkyl halides is 1. The van der Waals surface area contributed by atoms with E-state index in [4.69, 9.17) is 19.7 Å². The monoisotopic (exact) mass is 617 g/mol. The fourth-order valence-electron chi connectivity index (χ4n) is 8.59. The van der Waals surface area contributed by atoms with Crippen LogP contribution in [-0.4, -0.2) is 85.8 Å². The van der Waals surface area contributed by atoms with Crippen molar-refractivity contribution < 1.29 is 18.6 Å². The van der Waals surface area contributed by atoms with Gasteiger partial charge in [-0.2, -0.15) is 15.1 Å². The number of nitrogens with zero attached hydrogens (tertiary/aromatic N) is 6. The Morgan fingerprint density at radius 2 is 1.98 bits per heavy atom. The molecule has 2 N–H and O–H groups in total. The molecule has 9 rings (SSSR count). The maximum absolute atomic E-state index is 17.0. The van der Waals surface area contributed by atoms with Crippen LogP contribution in [0.1, 0.15) is 68.9 Å². The molecule has 0 amide bonds. The number of rotatable bonds is 3. The SMILES string of the molecule is Cc1cc2[nH]ncc2c2c1CCCC(O)CCC1CCCN(C1)c1nc(OC[C@@]34CCCN3C[C@H](F)C4)nc3c(F)c-2ncc13. The van der Waals surface area contributed by atoms with E-state index in [0.717, 1.165) is 86.6 Å². The smallest absolute Gasteiger partial charge is 0.319 e. The number of piperidine rings is 1. The number of aliphatic hydroxyl groups is 1. The fraction of sp³-hybridized carbons (Fsp3) is 0.588. The Hall–Kier alpha value is -3.44. The van der Waals surface area contributed by atoms with Crippen molar-refractivity contribution in [3.63, 3.8) is 0 Å². The molecule has 5 aliphatic rings. The molecule has 45 heavy (non-hydrogen) atoms. The third kappa shape index (κ3) is 5.12. The standard InChI is InChI=1S/C34H41F2N7O2/c1-20-13-27-25(16-38-41-27)28-24(20)7-2-6-23(44)9-8-21-5-3-11-42(17-21)32-26-15-37-31(28)29(36)30(26)39-33(40-32)45-19-34-10-4-12-43(34)18-22(35)14-34/h13,15-16,21-23,44H,2-12,14,17-19H2,1H3,(H,38,41)/t21?,22-,23?,34+/m1/s1. The third-order valence-corrected chi connectivity index (χ3v) is 10.9. The fourth-order valence-corrected chi connectivity index (χ4v) is 8.59. The average molecular weight is 618 g/mol. The van der Waals surface area contributed by atoms with Gasteiger partial charge in [0.1, 0.15) is 29.8 Å². The third-order valence-electron chi connectivity index (χ3n) is 10.9. The van der Waals surface area contributed by atoms with E-state index in [1.54, 1.807) is 12.4 Å². The summed E-state index contributed by atoms with van der Waals surface area (Å²) in [6.07, 6.45) is 10.4. The summed E-state index contributed by atoms with van der Waals surface area (Å²) in [6.45, 7) is 5.15. The van der Waals surface area contributed by atoms with Crippen LogP contribution >= 0.6 is 0 Å². The molecule has 9 nitrogen and oxygen atoms in total. The number of benzene rings is 1. The first-order chi connectivity index (χ1) is 21.9. The molecule has 0 aliphatic carbocycles. The summed E-state index contributed by atoms with van der Waals surface area (Å²) in [5.41, 5.74) is 3.59. The number of aryl methyl sites for hydroxylation is 1. The Morgan fingerprint density at radius 1 is 1.07 bits per heavy atom. The van der Waals surface area contributed by atoms with Crippen molar-refractivity contribution in [1.29, 1.82) is 0 Å².